The molecule has 1 aromatic carbocycles. The average Bonchev–Trinajstić information content (AvgIpc) is 2.48. The number of hydrogen-bond donors (Lipinski definition) is 1. The van der Waals surface area contributed by atoms with Crippen molar-refractivity contribution in [2.24, 2.45) is 0 Å². The van der Waals surface area contributed by atoms with Crippen LogP contribution in [0.2, 0.25) is 0 Å². The molecule has 20 heavy (non-hydrogen) atoms. The molecule has 0 bridgehead atoms. The standard InChI is InChI=1S/C13H16N2O5/c1-18-9-6-8-4-5-11(16)15(14-13(17)20-3)12(8)10(7-9)19-2/h6-7H,4-5H2,1-3H3,(H,14,17). The second kappa shape index (κ2) is 5.68. The Morgan fingerprint density at radius 3 is 2.55 bits per heavy atom. The van der Waals surface area contributed by atoms with Gasteiger partial charge >= 0.3 is 6.09 Å². The lowest BCUT2D eigenvalue weighted by Crippen LogP contribution is -2.48. The van der Waals surface area contributed by atoms with Crippen molar-refractivity contribution in [1.29, 1.82) is 0 Å². The van der Waals surface area contributed by atoms with E-state index in [0.29, 0.717) is 23.6 Å². The number of ether oxygens (including phenoxy) is 3. The molecule has 1 N–H and O–H groups in total. The Balaban J connectivity index is 2.48. The lowest BCUT2D eigenvalue weighted by molar-refractivity contribution is -0.119. The van der Waals surface area contributed by atoms with E-state index < -0.39 is 6.09 Å². The fraction of sp³-hybridized carbons (Fsp3) is 0.385. The second-order valence-corrected chi connectivity index (χ2v) is 4.17. The number of amides is 2. The summed E-state index contributed by atoms with van der Waals surface area (Å²) in [4.78, 5) is 23.4. The lowest BCUT2D eigenvalue weighted by atomic mass is 10.0. The minimum absolute atomic E-state index is 0.230. The first-order valence-corrected chi connectivity index (χ1v) is 6.03. The first-order chi connectivity index (χ1) is 9.60. The molecule has 2 amide bonds. The molecule has 2 rings (SSSR count). The lowest BCUT2D eigenvalue weighted by Gasteiger charge is -2.30. The van der Waals surface area contributed by atoms with Crippen molar-refractivity contribution < 1.29 is 23.8 Å². The maximum atomic E-state index is 12.0. The Morgan fingerprint density at radius 2 is 1.95 bits per heavy atom. The fourth-order valence-corrected chi connectivity index (χ4v) is 2.09. The highest BCUT2D eigenvalue weighted by Gasteiger charge is 2.30. The summed E-state index contributed by atoms with van der Waals surface area (Å²) in [6.45, 7) is 0. The predicted molar refractivity (Wildman–Crippen MR) is 70.9 cm³/mol. The third-order valence-electron chi connectivity index (χ3n) is 3.05. The Hall–Kier alpha value is -2.44. The van der Waals surface area contributed by atoms with Gasteiger partial charge in [-0.1, -0.05) is 0 Å². The smallest absolute Gasteiger partial charge is 0.426 e. The number of fused-ring (bicyclic) bond motifs is 1. The Morgan fingerprint density at radius 1 is 1.20 bits per heavy atom. The highest BCUT2D eigenvalue weighted by atomic mass is 16.5. The zero-order valence-corrected chi connectivity index (χ0v) is 11.6. The van der Waals surface area contributed by atoms with Crippen molar-refractivity contribution in [3.8, 4) is 11.5 Å². The summed E-state index contributed by atoms with van der Waals surface area (Å²) in [5, 5.41) is 1.16. The van der Waals surface area contributed by atoms with E-state index in [1.165, 1.54) is 14.2 Å². The topological polar surface area (TPSA) is 77.1 Å². The number of hydrazine groups is 1. The average molecular weight is 280 g/mol. The van der Waals surface area contributed by atoms with E-state index in [4.69, 9.17) is 9.47 Å². The largest absolute Gasteiger partial charge is 0.497 e. The van der Waals surface area contributed by atoms with Gasteiger partial charge in [0, 0.05) is 12.5 Å². The molecule has 0 spiro atoms. The number of carbonyl (C=O) groups excluding carboxylic acids is 2. The number of nitrogens with zero attached hydrogens (tertiary/aromatic N) is 1. The molecule has 0 unspecified atom stereocenters. The summed E-state index contributed by atoms with van der Waals surface area (Å²) in [7, 11) is 4.28. The molecular weight excluding hydrogens is 264 g/mol. The van der Waals surface area contributed by atoms with E-state index in [-0.39, 0.29) is 12.3 Å². The summed E-state index contributed by atoms with van der Waals surface area (Å²) in [5.74, 6) is 0.850. The van der Waals surface area contributed by atoms with Crippen LogP contribution in [0.25, 0.3) is 0 Å². The predicted octanol–water partition coefficient (Wildman–Crippen LogP) is 1.25. The first-order valence-electron chi connectivity index (χ1n) is 6.03. The molecule has 0 aliphatic carbocycles. The van der Waals surface area contributed by atoms with E-state index in [1.807, 2.05) is 6.07 Å². The summed E-state index contributed by atoms with van der Waals surface area (Å²) in [5.41, 5.74) is 3.76. The van der Waals surface area contributed by atoms with Gasteiger partial charge in [0.1, 0.15) is 17.2 Å². The SMILES string of the molecule is COC(=O)NN1C(=O)CCc2cc(OC)cc(OC)c21. The number of carbonyl (C=O) groups is 2. The number of methoxy groups -OCH3 is 3. The normalized spacial score (nSPS) is 13.6. The molecule has 0 saturated carbocycles. The first kappa shape index (κ1) is 14.0. The maximum absolute atomic E-state index is 12.0. The van der Waals surface area contributed by atoms with Gasteiger partial charge in [-0.05, 0) is 18.1 Å². The third-order valence-corrected chi connectivity index (χ3v) is 3.05. The van der Waals surface area contributed by atoms with Crippen LogP contribution >= 0.6 is 0 Å². The van der Waals surface area contributed by atoms with E-state index in [1.54, 1.807) is 13.2 Å². The molecule has 1 aromatic rings. The van der Waals surface area contributed by atoms with Crippen LogP contribution in [0.15, 0.2) is 12.1 Å². The van der Waals surface area contributed by atoms with Gasteiger partial charge in [0.2, 0.25) is 5.91 Å². The Bertz CT molecular complexity index is 527. The van der Waals surface area contributed by atoms with Gasteiger partial charge in [-0.15, -0.1) is 0 Å². The van der Waals surface area contributed by atoms with Crippen molar-refractivity contribution >= 4 is 17.7 Å². The third kappa shape index (κ3) is 2.47. The summed E-state index contributed by atoms with van der Waals surface area (Å²) >= 11 is 0. The molecule has 7 heteroatoms. The molecule has 0 fully saturated rings. The number of anilines is 1. The van der Waals surface area contributed by atoms with Gasteiger partial charge in [-0.3, -0.25) is 4.79 Å². The molecule has 0 radical (unpaired) electrons. The zero-order chi connectivity index (χ0) is 14.7. The van der Waals surface area contributed by atoms with Crippen LogP contribution in [0.3, 0.4) is 0 Å². The quantitative estimate of drug-likeness (QED) is 0.901. The van der Waals surface area contributed by atoms with Crippen molar-refractivity contribution in [3.63, 3.8) is 0 Å². The molecular formula is C13H16N2O5. The van der Waals surface area contributed by atoms with Gasteiger partial charge in [0.15, 0.2) is 0 Å². The van der Waals surface area contributed by atoms with E-state index in [0.717, 1.165) is 10.6 Å². The molecule has 0 atom stereocenters. The van der Waals surface area contributed by atoms with Gasteiger partial charge in [-0.25, -0.2) is 15.2 Å². The summed E-state index contributed by atoms with van der Waals surface area (Å²) < 4.78 is 15.0. The molecule has 7 nitrogen and oxygen atoms in total. The maximum Gasteiger partial charge on any atom is 0.426 e. The van der Waals surface area contributed by atoms with E-state index >= 15 is 0 Å². The zero-order valence-electron chi connectivity index (χ0n) is 11.6. The molecule has 108 valence electrons. The van der Waals surface area contributed by atoms with E-state index in [2.05, 4.69) is 10.2 Å². The van der Waals surface area contributed by atoms with Crippen molar-refractivity contribution in [2.75, 3.05) is 26.3 Å². The van der Waals surface area contributed by atoms with Gasteiger partial charge < -0.3 is 14.2 Å². The van der Waals surface area contributed by atoms with Crippen LogP contribution in [0.4, 0.5) is 10.5 Å². The molecule has 1 aliphatic heterocycles. The Labute approximate surface area is 116 Å². The van der Waals surface area contributed by atoms with Crippen LogP contribution in [0, 0.1) is 0 Å². The van der Waals surface area contributed by atoms with E-state index in [9.17, 15) is 9.59 Å². The number of nitrogens with one attached hydrogen (secondary N) is 1. The number of rotatable bonds is 3. The van der Waals surface area contributed by atoms with Crippen molar-refractivity contribution in [1.82, 2.24) is 5.43 Å². The van der Waals surface area contributed by atoms with Gasteiger partial charge in [0.25, 0.3) is 0 Å². The highest BCUT2D eigenvalue weighted by Crippen LogP contribution is 2.39. The van der Waals surface area contributed by atoms with Crippen LogP contribution in [0.1, 0.15) is 12.0 Å². The van der Waals surface area contributed by atoms with Crippen LogP contribution in [-0.4, -0.2) is 33.3 Å². The minimum Gasteiger partial charge on any atom is -0.497 e. The second-order valence-electron chi connectivity index (χ2n) is 4.17. The molecule has 0 aromatic heterocycles. The van der Waals surface area contributed by atoms with Crippen molar-refractivity contribution in [3.05, 3.63) is 17.7 Å². The summed E-state index contributed by atoms with van der Waals surface area (Å²) in [6.07, 6.45) is 0.123. The number of aryl methyl sites for hydroxylation is 1. The van der Waals surface area contributed by atoms with Gasteiger partial charge in [0.05, 0.1) is 21.3 Å². The fourth-order valence-electron chi connectivity index (χ4n) is 2.09. The van der Waals surface area contributed by atoms with Crippen molar-refractivity contribution in [2.45, 2.75) is 12.8 Å². The number of hydrogen-bond acceptors (Lipinski definition) is 5. The van der Waals surface area contributed by atoms with Crippen LogP contribution in [-0.2, 0) is 16.0 Å². The number of benzene rings is 1. The van der Waals surface area contributed by atoms with Gasteiger partial charge in [-0.2, -0.15) is 0 Å². The summed E-state index contributed by atoms with van der Waals surface area (Å²) in [6, 6.07) is 3.47. The molecule has 1 heterocycles. The highest BCUT2D eigenvalue weighted by molar-refractivity contribution is 5.99. The van der Waals surface area contributed by atoms with Crippen LogP contribution < -0.4 is 19.9 Å². The minimum atomic E-state index is -0.718. The monoisotopic (exact) mass is 280 g/mol. The Kier molecular flexibility index (Phi) is 3.97. The molecule has 1 aliphatic rings. The molecule has 0 saturated heterocycles. The van der Waals surface area contributed by atoms with Crippen LogP contribution in [0.5, 0.6) is 11.5 Å².